The van der Waals surface area contributed by atoms with Gasteiger partial charge in [0.25, 0.3) is 0 Å². The average molecular weight is 447 g/mol. The number of carbonyl (C=O) groups is 2. The molecule has 31 heavy (non-hydrogen) atoms. The van der Waals surface area contributed by atoms with Gasteiger partial charge in [0.15, 0.2) is 0 Å². The van der Waals surface area contributed by atoms with E-state index in [4.69, 9.17) is 28.4 Å². The molecule has 0 bridgehead atoms. The third-order valence-corrected chi connectivity index (χ3v) is 3.64. The van der Waals surface area contributed by atoms with Crippen molar-refractivity contribution in [2.24, 2.45) is 0 Å². The SMILES string of the molecule is C=CC(=O)OC(C)COCC(COCC(C)OCC(C)OC(=O)C(=C)C)OCC(C)O. The molecule has 0 aromatic heterocycles. The summed E-state index contributed by atoms with van der Waals surface area (Å²) in [6.07, 6.45) is -1.02. The number of carbonyl (C=O) groups excluding carboxylic acids is 2. The highest BCUT2D eigenvalue weighted by Crippen LogP contribution is 2.04. The molecule has 0 aliphatic rings. The molecule has 0 aromatic rings. The summed E-state index contributed by atoms with van der Waals surface area (Å²) in [5, 5.41) is 9.44. The molecule has 9 nitrogen and oxygen atoms in total. The lowest BCUT2D eigenvalue weighted by Gasteiger charge is -2.22. The average Bonchev–Trinajstić information content (AvgIpc) is 2.69. The Hall–Kier alpha value is -1.78. The third kappa shape index (κ3) is 16.6. The Morgan fingerprint density at radius 3 is 1.90 bits per heavy atom. The lowest BCUT2D eigenvalue weighted by Crippen LogP contribution is -2.32. The first-order valence-corrected chi connectivity index (χ1v) is 10.3. The molecular formula is C22H38O9. The summed E-state index contributed by atoms with van der Waals surface area (Å²) in [4.78, 5) is 22.6. The first kappa shape index (κ1) is 29.2. The van der Waals surface area contributed by atoms with Crippen molar-refractivity contribution >= 4 is 11.9 Å². The van der Waals surface area contributed by atoms with Gasteiger partial charge < -0.3 is 33.5 Å². The first-order chi connectivity index (χ1) is 14.5. The fraction of sp³-hybridized carbons (Fsp3) is 0.727. The number of esters is 2. The Balaban J connectivity index is 4.25. The molecule has 0 fully saturated rings. The molecule has 0 rings (SSSR count). The zero-order chi connectivity index (χ0) is 23.8. The summed E-state index contributed by atoms with van der Waals surface area (Å²) >= 11 is 0. The second-order valence-electron chi connectivity index (χ2n) is 7.47. The number of ether oxygens (including phenoxy) is 6. The zero-order valence-corrected chi connectivity index (χ0v) is 19.3. The summed E-state index contributed by atoms with van der Waals surface area (Å²) < 4.78 is 32.6. The van der Waals surface area contributed by atoms with Crippen molar-refractivity contribution in [2.75, 3.05) is 39.6 Å². The van der Waals surface area contributed by atoms with E-state index in [9.17, 15) is 14.7 Å². The van der Waals surface area contributed by atoms with Crippen LogP contribution in [0.1, 0.15) is 34.6 Å². The van der Waals surface area contributed by atoms with E-state index in [1.54, 1.807) is 27.7 Å². The van der Waals surface area contributed by atoms with Crippen LogP contribution in [0.2, 0.25) is 0 Å². The van der Waals surface area contributed by atoms with Crippen LogP contribution < -0.4 is 0 Å². The minimum absolute atomic E-state index is 0.135. The fourth-order valence-electron chi connectivity index (χ4n) is 2.10. The summed E-state index contributed by atoms with van der Waals surface area (Å²) in [6.45, 7) is 16.6. The van der Waals surface area contributed by atoms with E-state index in [0.717, 1.165) is 6.08 Å². The quantitative estimate of drug-likeness (QED) is 0.249. The predicted octanol–water partition coefficient (Wildman–Crippen LogP) is 1.82. The van der Waals surface area contributed by atoms with Gasteiger partial charge in [-0.2, -0.15) is 0 Å². The molecule has 9 heteroatoms. The topological polar surface area (TPSA) is 110 Å². The highest BCUT2D eigenvalue weighted by molar-refractivity contribution is 5.87. The van der Waals surface area contributed by atoms with E-state index in [-0.39, 0.29) is 39.1 Å². The molecule has 0 radical (unpaired) electrons. The molecule has 0 aromatic carbocycles. The van der Waals surface area contributed by atoms with Gasteiger partial charge in [0.2, 0.25) is 0 Å². The summed E-state index contributed by atoms with van der Waals surface area (Å²) in [7, 11) is 0. The highest BCUT2D eigenvalue weighted by atomic mass is 16.6. The van der Waals surface area contributed by atoms with E-state index in [1.165, 1.54) is 0 Å². The van der Waals surface area contributed by atoms with Crippen LogP contribution >= 0.6 is 0 Å². The summed E-state index contributed by atoms with van der Waals surface area (Å²) in [5.41, 5.74) is 0.335. The van der Waals surface area contributed by atoms with Gasteiger partial charge >= 0.3 is 11.9 Å². The van der Waals surface area contributed by atoms with Crippen molar-refractivity contribution in [2.45, 2.75) is 65.1 Å². The van der Waals surface area contributed by atoms with Crippen LogP contribution in [0.3, 0.4) is 0 Å². The Labute approximate surface area is 185 Å². The second kappa shape index (κ2) is 16.9. The predicted molar refractivity (Wildman–Crippen MR) is 115 cm³/mol. The third-order valence-electron chi connectivity index (χ3n) is 3.64. The largest absolute Gasteiger partial charge is 0.457 e. The second-order valence-corrected chi connectivity index (χ2v) is 7.47. The fourth-order valence-corrected chi connectivity index (χ4v) is 2.10. The normalized spacial score (nSPS) is 15.9. The lowest BCUT2D eigenvalue weighted by atomic mass is 10.3. The van der Waals surface area contributed by atoms with Crippen LogP contribution in [0.5, 0.6) is 0 Å². The van der Waals surface area contributed by atoms with Crippen molar-refractivity contribution < 1.29 is 43.1 Å². The van der Waals surface area contributed by atoms with Gasteiger partial charge in [-0.05, 0) is 34.6 Å². The molecule has 0 heterocycles. The van der Waals surface area contributed by atoms with E-state index < -0.39 is 36.4 Å². The van der Waals surface area contributed by atoms with Gasteiger partial charge in [-0.1, -0.05) is 13.2 Å². The van der Waals surface area contributed by atoms with Gasteiger partial charge in [-0.15, -0.1) is 0 Å². The molecular weight excluding hydrogens is 408 g/mol. The zero-order valence-electron chi connectivity index (χ0n) is 19.3. The molecule has 0 aliphatic carbocycles. The van der Waals surface area contributed by atoms with Crippen molar-refractivity contribution in [1.82, 2.24) is 0 Å². The van der Waals surface area contributed by atoms with Crippen LogP contribution in [0, 0.1) is 0 Å². The molecule has 1 N–H and O–H groups in total. The van der Waals surface area contributed by atoms with Gasteiger partial charge in [0.05, 0.1) is 51.8 Å². The van der Waals surface area contributed by atoms with Crippen LogP contribution in [-0.4, -0.2) is 87.2 Å². The Morgan fingerprint density at radius 1 is 0.839 bits per heavy atom. The van der Waals surface area contributed by atoms with Gasteiger partial charge in [0, 0.05) is 11.6 Å². The minimum Gasteiger partial charge on any atom is -0.457 e. The van der Waals surface area contributed by atoms with Crippen molar-refractivity contribution in [1.29, 1.82) is 0 Å². The lowest BCUT2D eigenvalue weighted by molar-refractivity contribution is -0.149. The summed E-state index contributed by atoms with van der Waals surface area (Å²) in [6, 6.07) is 0. The number of rotatable bonds is 18. The van der Waals surface area contributed by atoms with Crippen LogP contribution in [0.25, 0.3) is 0 Å². The van der Waals surface area contributed by atoms with E-state index >= 15 is 0 Å². The molecule has 0 saturated heterocycles. The maximum Gasteiger partial charge on any atom is 0.333 e. The van der Waals surface area contributed by atoms with Crippen molar-refractivity contribution in [3.05, 3.63) is 24.8 Å². The van der Waals surface area contributed by atoms with Crippen molar-refractivity contribution in [3.63, 3.8) is 0 Å². The molecule has 180 valence electrons. The highest BCUT2D eigenvalue weighted by Gasteiger charge is 2.16. The smallest absolute Gasteiger partial charge is 0.333 e. The number of aliphatic hydroxyl groups excluding tert-OH is 1. The number of aliphatic hydroxyl groups is 1. The van der Waals surface area contributed by atoms with E-state index in [1.807, 2.05) is 6.92 Å². The number of hydrogen-bond donors (Lipinski definition) is 1. The van der Waals surface area contributed by atoms with Crippen LogP contribution in [-0.2, 0) is 38.0 Å². The minimum atomic E-state index is -0.624. The molecule has 0 amide bonds. The standard InChI is InChI=1S/C22H38O9/c1-8-21(24)30-18(6)11-27-14-20(29-9-16(4)23)13-26-10-17(5)28-12-19(7)31-22(25)15(2)3/h8,16-20,23H,1-2,9-14H2,3-7H3. The van der Waals surface area contributed by atoms with Gasteiger partial charge in [-0.3, -0.25) is 0 Å². The number of hydrogen-bond acceptors (Lipinski definition) is 9. The molecule has 0 saturated carbocycles. The Morgan fingerprint density at radius 2 is 1.39 bits per heavy atom. The Bertz CT molecular complexity index is 547. The molecule has 0 spiro atoms. The molecule has 5 unspecified atom stereocenters. The van der Waals surface area contributed by atoms with Crippen molar-refractivity contribution in [3.8, 4) is 0 Å². The maximum absolute atomic E-state index is 11.5. The van der Waals surface area contributed by atoms with Gasteiger partial charge in [0.1, 0.15) is 18.3 Å². The van der Waals surface area contributed by atoms with E-state index in [2.05, 4.69) is 13.2 Å². The maximum atomic E-state index is 11.5. The molecule has 0 aliphatic heterocycles. The van der Waals surface area contributed by atoms with Crippen LogP contribution in [0.4, 0.5) is 0 Å². The summed E-state index contributed by atoms with van der Waals surface area (Å²) in [5.74, 6) is -0.967. The van der Waals surface area contributed by atoms with Gasteiger partial charge in [-0.25, -0.2) is 9.59 Å². The first-order valence-electron chi connectivity index (χ1n) is 10.3. The van der Waals surface area contributed by atoms with E-state index in [0.29, 0.717) is 12.2 Å². The molecule has 5 atom stereocenters. The van der Waals surface area contributed by atoms with Crippen LogP contribution in [0.15, 0.2) is 24.8 Å². The monoisotopic (exact) mass is 446 g/mol. The Kier molecular flexibility index (Phi) is 15.9.